The van der Waals surface area contributed by atoms with Crippen LogP contribution < -0.4 is 0 Å². The van der Waals surface area contributed by atoms with Crippen molar-refractivity contribution in [1.82, 2.24) is 0 Å². The molecule has 0 saturated heterocycles. The zero-order chi connectivity index (χ0) is 12.1. The zero-order valence-electron chi connectivity index (χ0n) is 10.0. The third-order valence-electron chi connectivity index (χ3n) is 2.90. The Balaban J connectivity index is 2.07. The number of hydroxylamine groups is 1. The molecule has 88 valence electrons. The number of allylic oxidation sites excluding steroid dienone is 4. The van der Waals surface area contributed by atoms with E-state index in [1.807, 2.05) is 42.5 Å². The van der Waals surface area contributed by atoms with Crippen molar-refractivity contribution in [2.24, 2.45) is 5.41 Å². The van der Waals surface area contributed by atoms with Crippen LogP contribution in [0.1, 0.15) is 18.9 Å². The maximum absolute atomic E-state index is 11.9. The van der Waals surface area contributed by atoms with E-state index in [0.717, 1.165) is 16.7 Å². The lowest BCUT2D eigenvalue weighted by Gasteiger charge is -2.20. The van der Waals surface area contributed by atoms with Crippen LogP contribution in [0.5, 0.6) is 0 Å². The van der Waals surface area contributed by atoms with Crippen molar-refractivity contribution in [3.63, 3.8) is 0 Å². The predicted octanol–water partition coefficient (Wildman–Crippen LogP) is 3.29. The standard InChI is InChI=1S/C15H17NO/c1-15(10-6-3-7-11-15)13-16(17)12-14-8-4-2-5-9-14/h2-10,13H,11-12H2,1H3. The molecule has 0 aliphatic heterocycles. The van der Waals surface area contributed by atoms with E-state index in [0.29, 0.717) is 6.54 Å². The average Bonchev–Trinajstić information content (AvgIpc) is 2.30. The fourth-order valence-corrected chi connectivity index (χ4v) is 1.98. The molecule has 0 fully saturated rings. The Morgan fingerprint density at radius 3 is 2.71 bits per heavy atom. The Kier molecular flexibility index (Phi) is 3.43. The second-order valence-electron chi connectivity index (χ2n) is 4.69. The average molecular weight is 227 g/mol. The van der Waals surface area contributed by atoms with E-state index in [-0.39, 0.29) is 5.41 Å². The summed E-state index contributed by atoms with van der Waals surface area (Å²) < 4.78 is 1.03. The first kappa shape index (κ1) is 11.6. The lowest BCUT2D eigenvalue weighted by molar-refractivity contribution is -0.473. The van der Waals surface area contributed by atoms with Crippen LogP contribution >= 0.6 is 0 Å². The summed E-state index contributed by atoms with van der Waals surface area (Å²) in [6.45, 7) is 2.48. The van der Waals surface area contributed by atoms with E-state index >= 15 is 0 Å². The topological polar surface area (TPSA) is 26.1 Å². The summed E-state index contributed by atoms with van der Waals surface area (Å²) in [6, 6.07) is 9.80. The lowest BCUT2D eigenvalue weighted by Crippen LogP contribution is -2.22. The van der Waals surface area contributed by atoms with Crippen molar-refractivity contribution in [2.45, 2.75) is 19.9 Å². The third-order valence-corrected chi connectivity index (χ3v) is 2.90. The molecule has 0 aromatic heterocycles. The number of hydrogen-bond donors (Lipinski definition) is 0. The molecule has 2 rings (SSSR count). The van der Waals surface area contributed by atoms with E-state index in [9.17, 15) is 5.21 Å². The van der Waals surface area contributed by atoms with Gasteiger partial charge < -0.3 is 5.21 Å². The molecule has 1 aromatic carbocycles. The summed E-state index contributed by atoms with van der Waals surface area (Å²) >= 11 is 0. The molecule has 1 aliphatic rings. The van der Waals surface area contributed by atoms with E-state index in [1.54, 1.807) is 6.21 Å². The molecule has 1 aliphatic carbocycles. The molecule has 1 atom stereocenters. The Morgan fingerprint density at radius 1 is 1.29 bits per heavy atom. The molecule has 0 spiro atoms. The number of rotatable bonds is 3. The molecule has 0 heterocycles. The molecule has 0 radical (unpaired) electrons. The Hall–Kier alpha value is -1.83. The molecule has 0 bridgehead atoms. The summed E-state index contributed by atoms with van der Waals surface area (Å²) in [6.07, 6.45) is 10.8. The molecule has 1 unspecified atom stereocenters. The van der Waals surface area contributed by atoms with E-state index in [4.69, 9.17) is 0 Å². The quantitative estimate of drug-likeness (QED) is 0.337. The van der Waals surface area contributed by atoms with Gasteiger partial charge in [0.15, 0.2) is 12.8 Å². The van der Waals surface area contributed by atoms with Gasteiger partial charge in [-0.05, 0) is 13.3 Å². The molecule has 1 aromatic rings. The maximum atomic E-state index is 11.9. The van der Waals surface area contributed by atoms with Crippen molar-refractivity contribution < 1.29 is 4.74 Å². The van der Waals surface area contributed by atoms with Crippen LogP contribution in [0.25, 0.3) is 0 Å². The van der Waals surface area contributed by atoms with Crippen molar-refractivity contribution in [3.8, 4) is 0 Å². The Labute approximate surface area is 102 Å². The van der Waals surface area contributed by atoms with Crippen LogP contribution in [0.3, 0.4) is 0 Å². The summed E-state index contributed by atoms with van der Waals surface area (Å²) in [5.74, 6) is 0. The first-order valence-corrected chi connectivity index (χ1v) is 5.86. The largest absolute Gasteiger partial charge is 0.624 e. The van der Waals surface area contributed by atoms with Crippen LogP contribution in [-0.4, -0.2) is 11.0 Å². The molecule has 0 saturated carbocycles. The first-order valence-electron chi connectivity index (χ1n) is 5.86. The second kappa shape index (κ2) is 5.00. The predicted molar refractivity (Wildman–Crippen MR) is 70.8 cm³/mol. The highest BCUT2D eigenvalue weighted by molar-refractivity contribution is 5.64. The van der Waals surface area contributed by atoms with Gasteiger partial charge in [0.1, 0.15) is 0 Å². The van der Waals surface area contributed by atoms with Gasteiger partial charge >= 0.3 is 0 Å². The minimum atomic E-state index is -0.148. The van der Waals surface area contributed by atoms with Gasteiger partial charge in [0.2, 0.25) is 0 Å². The van der Waals surface area contributed by atoms with Gasteiger partial charge in [-0.2, -0.15) is 0 Å². The summed E-state index contributed by atoms with van der Waals surface area (Å²) in [4.78, 5) is 0. The fraction of sp³-hybridized carbons (Fsp3) is 0.267. The number of nitrogens with zero attached hydrogens (tertiary/aromatic N) is 1. The van der Waals surface area contributed by atoms with Gasteiger partial charge in [-0.15, -0.1) is 0 Å². The SMILES string of the molecule is CC1(C=[N+]([O-])Cc2ccccc2)C=CC=CC1. The molecular weight excluding hydrogens is 210 g/mol. The van der Waals surface area contributed by atoms with E-state index in [2.05, 4.69) is 19.1 Å². The third kappa shape index (κ3) is 3.31. The van der Waals surface area contributed by atoms with Crippen molar-refractivity contribution >= 4 is 6.21 Å². The maximum Gasteiger partial charge on any atom is 0.178 e. The fourth-order valence-electron chi connectivity index (χ4n) is 1.98. The van der Waals surface area contributed by atoms with Crippen LogP contribution in [-0.2, 0) is 6.54 Å². The van der Waals surface area contributed by atoms with Gasteiger partial charge in [0, 0.05) is 5.56 Å². The van der Waals surface area contributed by atoms with Crippen molar-refractivity contribution in [3.05, 3.63) is 65.4 Å². The number of benzene rings is 1. The molecule has 17 heavy (non-hydrogen) atoms. The van der Waals surface area contributed by atoms with Crippen LogP contribution in [0.4, 0.5) is 0 Å². The van der Waals surface area contributed by atoms with Gasteiger partial charge in [-0.25, -0.2) is 4.74 Å². The molecule has 2 heteroatoms. The van der Waals surface area contributed by atoms with Crippen molar-refractivity contribution in [1.29, 1.82) is 0 Å². The highest BCUT2D eigenvalue weighted by atomic mass is 16.5. The summed E-state index contributed by atoms with van der Waals surface area (Å²) in [7, 11) is 0. The molecular formula is C15H17NO. The monoisotopic (exact) mass is 227 g/mol. The van der Waals surface area contributed by atoms with Crippen molar-refractivity contribution in [2.75, 3.05) is 0 Å². The smallest absolute Gasteiger partial charge is 0.178 e. The highest BCUT2D eigenvalue weighted by Crippen LogP contribution is 2.24. The minimum absolute atomic E-state index is 0.148. The first-order chi connectivity index (χ1) is 8.18. The highest BCUT2D eigenvalue weighted by Gasteiger charge is 2.22. The zero-order valence-corrected chi connectivity index (χ0v) is 10.0. The summed E-state index contributed by atoms with van der Waals surface area (Å²) in [5, 5.41) is 11.9. The van der Waals surface area contributed by atoms with Crippen LogP contribution in [0.15, 0.2) is 54.6 Å². The Bertz CT molecular complexity index is 459. The summed E-state index contributed by atoms with van der Waals surface area (Å²) in [5.41, 5.74) is 0.892. The van der Waals surface area contributed by atoms with Gasteiger partial charge in [0.05, 0.1) is 5.41 Å². The molecule has 0 N–H and O–H groups in total. The lowest BCUT2D eigenvalue weighted by atomic mass is 9.85. The molecule has 2 nitrogen and oxygen atoms in total. The van der Waals surface area contributed by atoms with E-state index < -0.39 is 0 Å². The second-order valence-corrected chi connectivity index (χ2v) is 4.69. The van der Waals surface area contributed by atoms with Crippen LogP contribution in [0, 0.1) is 10.6 Å². The van der Waals surface area contributed by atoms with E-state index in [1.165, 1.54) is 0 Å². The Morgan fingerprint density at radius 2 is 2.06 bits per heavy atom. The normalized spacial score (nSPS) is 23.9. The minimum Gasteiger partial charge on any atom is -0.624 e. The van der Waals surface area contributed by atoms with Gasteiger partial charge in [-0.3, -0.25) is 0 Å². The van der Waals surface area contributed by atoms with Crippen LogP contribution in [0.2, 0.25) is 0 Å². The molecule has 0 amide bonds. The van der Waals surface area contributed by atoms with Gasteiger partial charge in [0.25, 0.3) is 0 Å². The van der Waals surface area contributed by atoms with Gasteiger partial charge in [-0.1, -0.05) is 54.6 Å². The number of hydrogen-bond acceptors (Lipinski definition) is 1.